The predicted molar refractivity (Wildman–Crippen MR) is 139 cm³/mol. The highest BCUT2D eigenvalue weighted by atomic mass is 16.5. The minimum atomic E-state index is -0.636. The van der Waals surface area contributed by atoms with Crippen LogP contribution >= 0.6 is 0 Å². The smallest absolute Gasteiger partial charge is 0.175 e. The molecule has 6 rings (SSSR count). The van der Waals surface area contributed by atoms with Gasteiger partial charge in [-0.05, 0) is 58.5 Å². The number of Topliss-reactive ketones (excluding diaryl/α,β-unsaturated/α-hetero) is 1. The first-order chi connectivity index (χ1) is 17.2. The van der Waals surface area contributed by atoms with Crippen LogP contribution in [0.15, 0.2) is 109 Å². The van der Waals surface area contributed by atoms with E-state index in [2.05, 4.69) is 36.4 Å². The molecular formula is C32H26O3. The van der Waals surface area contributed by atoms with Crippen LogP contribution in [0.3, 0.4) is 0 Å². The topological polar surface area (TPSA) is 35.5 Å². The van der Waals surface area contributed by atoms with Crippen molar-refractivity contribution in [1.82, 2.24) is 0 Å². The fourth-order valence-electron chi connectivity index (χ4n) is 6.07. The van der Waals surface area contributed by atoms with Gasteiger partial charge in [-0.15, -0.1) is 0 Å². The van der Waals surface area contributed by atoms with Gasteiger partial charge in [0, 0.05) is 11.0 Å². The molecule has 2 aliphatic carbocycles. The molecule has 3 heteroatoms. The molecule has 172 valence electrons. The second kappa shape index (κ2) is 7.99. The summed E-state index contributed by atoms with van der Waals surface area (Å²) < 4.78 is 10.9. The van der Waals surface area contributed by atoms with Crippen molar-refractivity contribution in [1.29, 1.82) is 0 Å². The summed E-state index contributed by atoms with van der Waals surface area (Å²) in [6, 6.07) is 36.7. The number of hydrogen-bond acceptors (Lipinski definition) is 3. The van der Waals surface area contributed by atoms with E-state index >= 15 is 0 Å². The quantitative estimate of drug-likeness (QED) is 0.332. The summed E-state index contributed by atoms with van der Waals surface area (Å²) >= 11 is 0. The summed E-state index contributed by atoms with van der Waals surface area (Å²) in [6.45, 7) is 0. The summed E-state index contributed by atoms with van der Waals surface area (Å²) in [5.74, 6) is 1.79. The van der Waals surface area contributed by atoms with Crippen LogP contribution in [0.4, 0.5) is 0 Å². The zero-order valence-electron chi connectivity index (χ0n) is 19.8. The number of fused-ring (bicyclic) bond motifs is 1. The molecule has 0 N–H and O–H groups in total. The summed E-state index contributed by atoms with van der Waals surface area (Å²) in [4.78, 5) is 14.6. The van der Waals surface area contributed by atoms with E-state index in [4.69, 9.17) is 9.47 Å². The maximum Gasteiger partial charge on any atom is 0.175 e. The highest BCUT2D eigenvalue weighted by Crippen LogP contribution is 2.77. The first kappa shape index (κ1) is 21.4. The summed E-state index contributed by atoms with van der Waals surface area (Å²) in [7, 11) is 3.34. The van der Waals surface area contributed by atoms with Crippen LogP contribution in [-0.2, 0) is 15.6 Å². The average Bonchev–Trinajstić information content (AvgIpc) is 3.59. The molecule has 0 bridgehead atoms. The van der Waals surface area contributed by atoms with Gasteiger partial charge >= 0.3 is 0 Å². The van der Waals surface area contributed by atoms with Crippen molar-refractivity contribution in [3.05, 3.63) is 131 Å². The second-order valence-electron chi connectivity index (χ2n) is 9.26. The van der Waals surface area contributed by atoms with E-state index < -0.39 is 10.8 Å². The fraction of sp³-hybridized carbons (Fsp3) is 0.156. The third-order valence-corrected chi connectivity index (χ3v) is 7.72. The molecule has 0 radical (unpaired) electrons. The van der Waals surface area contributed by atoms with Gasteiger partial charge in [0.05, 0.1) is 19.6 Å². The highest BCUT2D eigenvalue weighted by molar-refractivity contribution is 6.40. The van der Waals surface area contributed by atoms with Crippen LogP contribution in [0, 0.1) is 0 Å². The molecular weight excluding hydrogens is 432 g/mol. The van der Waals surface area contributed by atoms with Crippen LogP contribution in [0.25, 0.3) is 11.1 Å². The van der Waals surface area contributed by atoms with Gasteiger partial charge in [0.1, 0.15) is 11.5 Å². The molecule has 0 spiro atoms. The Hall–Kier alpha value is -4.11. The van der Waals surface area contributed by atoms with Crippen molar-refractivity contribution in [2.45, 2.75) is 17.3 Å². The molecule has 0 heterocycles. The Kier molecular flexibility index (Phi) is 4.89. The van der Waals surface area contributed by atoms with Gasteiger partial charge in [0.15, 0.2) is 5.78 Å². The van der Waals surface area contributed by atoms with Crippen molar-refractivity contribution in [3.63, 3.8) is 0 Å². The molecule has 1 fully saturated rings. The number of hydrogen-bond donors (Lipinski definition) is 0. The van der Waals surface area contributed by atoms with Gasteiger partial charge in [0.25, 0.3) is 0 Å². The number of allylic oxidation sites excluding steroid dienone is 2. The Bertz CT molecular complexity index is 1420. The lowest BCUT2D eigenvalue weighted by atomic mass is 9.78. The van der Waals surface area contributed by atoms with Crippen LogP contribution in [-0.4, -0.2) is 20.0 Å². The molecule has 0 aromatic heterocycles. The minimum absolute atomic E-state index is 0.191. The molecule has 1 saturated carbocycles. The van der Waals surface area contributed by atoms with Crippen molar-refractivity contribution in [2.24, 2.45) is 0 Å². The molecule has 0 amide bonds. The monoisotopic (exact) mass is 458 g/mol. The van der Waals surface area contributed by atoms with Crippen molar-refractivity contribution >= 4 is 16.9 Å². The van der Waals surface area contributed by atoms with Gasteiger partial charge in [-0.25, -0.2) is 0 Å². The molecule has 3 nitrogen and oxygen atoms in total. The van der Waals surface area contributed by atoms with E-state index in [1.54, 1.807) is 14.2 Å². The van der Waals surface area contributed by atoms with Crippen molar-refractivity contribution in [3.8, 4) is 11.5 Å². The SMILES string of the molecule is COc1ccc(C2=C(c3ccccc3)C(=O)[C@@]3(c4ccccc4)C[C@]23c2ccc(OC)cc2)cc1. The molecule has 2 aliphatic rings. The second-order valence-corrected chi connectivity index (χ2v) is 9.26. The zero-order valence-corrected chi connectivity index (χ0v) is 19.8. The maximum absolute atomic E-state index is 14.6. The number of carbonyl (C=O) groups excluding carboxylic acids is 1. The Morgan fingerprint density at radius 1 is 0.571 bits per heavy atom. The number of carbonyl (C=O) groups is 1. The average molecular weight is 459 g/mol. The first-order valence-corrected chi connectivity index (χ1v) is 11.9. The number of rotatable bonds is 6. The third kappa shape index (κ3) is 2.94. The van der Waals surface area contributed by atoms with Crippen LogP contribution in [0.1, 0.15) is 28.7 Å². The van der Waals surface area contributed by atoms with Gasteiger partial charge in [-0.1, -0.05) is 84.9 Å². The molecule has 0 aliphatic heterocycles. The normalized spacial score (nSPS) is 22.6. The molecule has 4 aromatic rings. The van der Waals surface area contributed by atoms with Gasteiger partial charge < -0.3 is 9.47 Å². The molecule has 0 unspecified atom stereocenters. The number of methoxy groups -OCH3 is 2. The minimum Gasteiger partial charge on any atom is -0.497 e. The van der Waals surface area contributed by atoms with E-state index in [1.165, 1.54) is 0 Å². The number of benzene rings is 4. The summed E-state index contributed by atoms with van der Waals surface area (Å²) in [5, 5.41) is 0. The van der Waals surface area contributed by atoms with E-state index in [1.807, 2.05) is 72.8 Å². The fourth-order valence-corrected chi connectivity index (χ4v) is 6.07. The Balaban J connectivity index is 1.67. The van der Waals surface area contributed by atoms with Crippen molar-refractivity contribution < 1.29 is 14.3 Å². The molecule has 35 heavy (non-hydrogen) atoms. The van der Waals surface area contributed by atoms with E-state index in [-0.39, 0.29) is 5.78 Å². The number of ether oxygens (including phenoxy) is 2. The van der Waals surface area contributed by atoms with Gasteiger partial charge in [-0.3, -0.25) is 4.79 Å². The Labute approximate surface area is 205 Å². The van der Waals surface area contributed by atoms with Crippen LogP contribution in [0.5, 0.6) is 11.5 Å². The lowest BCUT2D eigenvalue weighted by molar-refractivity contribution is -0.115. The maximum atomic E-state index is 14.6. The van der Waals surface area contributed by atoms with E-state index in [0.29, 0.717) is 0 Å². The molecule has 4 aromatic carbocycles. The van der Waals surface area contributed by atoms with Gasteiger partial charge in [-0.2, -0.15) is 0 Å². The van der Waals surface area contributed by atoms with E-state index in [0.717, 1.165) is 51.3 Å². The lowest BCUT2D eigenvalue weighted by Crippen LogP contribution is -2.25. The molecule has 2 atom stereocenters. The highest BCUT2D eigenvalue weighted by Gasteiger charge is 2.79. The zero-order chi connectivity index (χ0) is 24.0. The summed E-state index contributed by atoms with van der Waals surface area (Å²) in [5.41, 5.74) is 5.00. The lowest BCUT2D eigenvalue weighted by Gasteiger charge is -2.23. The molecule has 0 saturated heterocycles. The largest absolute Gasteiger partial charge is 0.497 e. The third-order valence-electron chi connectivity index (χ3n) is 7.72. The van der Waals surface area contributed by atoms with Crippen LogP contribution in [0.2, 0.25) is 0 Å². The summed E-state index contributed by atoms with van der Waals surface area (Å²) in [6.07, 6.45) is 0.743. The predicted octanol–water partition coefficient (Wildman–Crippen LogP) is 6.48. The number of ketones is 1. The van der Waals surface area contributed by atoms with Crippen LogP contribution < -0.4 is 9.47 Å². The van der Waals surface area contributed by atoms with E-state index in [9.17, 15) is 4.79 Å². The van der Waals surface area contributed by atoms with Gasteiger partial charge in [0.2, 0.25) is 0 Å². The van der Waals surface area contributed by atoms with Crippen molar-refractivity contribution in [2.75, 3.05) is 14.2 Å². The standard InChI is InChI=1S/C32H26O3/c1-34-26-17-13-23(14-18-26)29-28(22-9-5-3-6-10-22)30(33)32(24-11-7-4-8-12-24)21-31(29,32)25-15-19-27(35-2)20-16-25/h3-20H,21H2,1-2H3/t31-,32-/m0/s1. The Morgan fingerprint density at radius 3 is 1.66 bits per heavy atom. The first-order valence-electron chi connectivity index (χ1n) is 11.9. The Morgan fingerprint density at radius 2 is 1.09 bits per heavy atom.